The van der Waals surface area contributed by atoms with Crippen LogP contribution in [0.15, 0.2) is 0 Å². The molecule has 0 aliphatic heterocycles. The molecule has 5 heteroatoms. The second kappa shape index (κ2) is 7.46. The van der Waals surface area contributed by atoms with E-state index in [0.717, 1.165) is 6.54 Å². The summed E-state index contributed by atoms with van der Waals surface area (Å²) in [6, 6.07) is 0. The van der Waals surface area contributed by atoms with E-state index in [-0.39, 0.29) is 6.09 Å². The Morgan fingerprint density at radius 2 is 1.94 bits per heavy atom. The monoisotopic (exact) mass is 232 g/mol. The molecule has 0 aliphatic carbocycles. The van der Waals surface area contributed by atoms with Crippen molar-refractivity contribution in [2.75, 3.05) is 26.9 Å². The molecule has 0 aliphatic rings. The maximum atomic E-state index is 11.3. The molecule has 5 nitrogen and oxygen atoms in total. The van der Waals surface area contributed by atoms with Crippen LogP contribution in [0.4, 0.5) is 4.79 Å². The zero-order valence-electron chi connectivity index (χ0n) is 10.9. The third kappa shape index (κ3) is 9.73. The first-order chi connectivity index (χ1) is 7.35. The minimum Gasteiger partial charge on any atom is -0.444 e. The molecular weight excluding hydrogens is 208 g/mol. The van der Waals surface area contributed by atoms with Gasteiger partial charge < -0.3 is 14.8 Å². The second-order valence-corrected chi connectivity index (χ2v) is 4.88. The maximum Gasteiger partial charge on any atom is 0.407 e. The standard InChI is InChI=1S/C11H24N2O3/c1-9(6-12-8-15-5)7-13-10(14)16-11(2,3)4/h9,12H,6-8H2,1-5H3,(H,13,14)/t9-/m1/s1. The lowest BCUT2D eigenvalue weighted by molar-refractivity contribution is 0.0519. The largest absolute Gasteiger partial charge is 0.444 e. The van der Waals surface area contributed by atoms with E-state index in [2.05, 4.69) is 10.6 Å². The molecule has 0 saturated carbocycles. The lowest BCUT2D eigenvalue weighted by Crippen LogP contribution is -2.37. The molecule has 0 saturated heterocycles. The van der Waals surface area contributed by atoms with Crippen molar-refractivity contribution in [1.29, 1.82) is 0 Å². The predicted molar refractivity (Wildman–Crippen MR) is 63.3 cm³/mol. The summed E-state index contributed by atoms with van der Waals surface area (Å²) in [6.45, 7) is 9.48. The van der Waals surface area contributed by atoms with Crippen LogP contribution >= 0.6 is 0 Å². The van der Waals surface area contributed by atoms with Crippen LogP contribution in [0.5, 0.6) is 0 Å². The van der Waals surface area contributed by atoms with E-state index in [1.807, 2.05) is 27.7 Å². The summed E-state index contributed by atoms with van der Waals surface area (Å²) in [7, 11) is 1.64. The summed E-state index contributed by atoms with van der Waals surface area (Å²) < 4.78 is 9.98. The molecule has 0 heterocycles. The van der Waals surface area contributed by atoms with Gasteiger partial charge in [0, 0.05) is 20.2 Å². The van der Waals surface area contributed by atoms with Gasteiger partial charge in [-0.1, -0.05) is 6.92 Å². The molecule has 1 atom stereocenters. The Hall–Kier alpha value is -0.810. The van der Waals surface area contributed by atoms with Crippen molar-refractivity contribution >= 4 is 6.09 Å². The number of amides is 1. The molecule has 0 rings (SSSR count). The van der Waals surface area contributed by atoms with Gasteiger partial charge in [-0.3, -0.25) is 5.32 Å². The Morgan fingerprint density at radius 1 is 1.31 bits per heavy atom. The molecule has 0 aromatic carbocycles. The number of nitrogens with one attached hydrogen (secondary N) is 2. The highest BCUT2D eigenvalue weighted by Gasteiger charge is 2.16. The quantitative estimate of drug-likeness (QED) is 0.536. The van der Waals surface area contributed by atoms with Gasteiger partial charge in [0.25, 0.3) is 0 Å². The third-order valence-electron chi connectivity index (χ3n) is 1.73. The van der Waals surface area contributed by atoms with Gasteiger partial charge in [-0.05, 0) is 26.7 Å². The van der Waals surface area contributed by atoms with Crippen molar-refractivity contribution in [3.8, 4) is 0 Å². The number of rotatable bonds is 6. The smallest absolute Gasteiger partial charge is 0.407 e. The maximum absolute atomic E-state index is 11.3. The number of hydrogen-bond donors (Lipinski definition) is 2. The van der Waals surface area contributed by atoms with E-state index in [0.29, 0.717) is 19.2 Å². The third-order valence-corrected chi connectivity index (χ3v) is 1.73. The summed E-state index contributed by atoms with van der Waals surface area (Å²) >= 11 is 0. The van der Waals surface area contributed by atoms with Crippen LogP contribution in [-0.2, 0) is 9.47 Å². The zero-order chi connectivity index (χ0) is 12.6. The molecule has 0 fully saturated rings. The van der Waals surface area contributed by atoms with E-state index in [9.17, 15) is 4.79 Å². The van der Waals surface area contributed by atoms with E-state index in [1.165, 1.54) is 0 Å². The SMILES string of the molecule is COCNC[C@@H](C)CNC(=O)OC(C)(C)C. The number of carbonyl (C=O) groups is 1. The van der Waals surface area contributed by atoms with Gasteiger partial charge in [-0.2, -0.15) is 0 Å². The number of alkyl carbamates (subject to hydrolysis) is 1. The van der Waals surface area contributed by atoms with Crippen molar-refractivity contribution < 1.29 is 14.3 Å². The summed E-state index contributed by atoms with van der Waals surface area (Å²) in [5, 5.41) is 5.82. The van der Waals surface area contributed by atoms with Gasteiger partial charge in [0.15, 0.2) is 0 Å². The topological polar surface area (TPSA) is 59.6 Å². The molecule has 96 valence electrons. The van der Waals surface area contributed by atoms with Crippen LogP contribution in [0.25, 0.3) is 0 Å². The number of hydrogen-bond acceptors (Lipinski definition) is 4. The molecule has 0 bridgehead atoms. The van der Waals surface area contributed by atoms with E-state index >= 15 is 0 Å². The number of methoxy groups -OCH3 is 1. The Balaban J connectivity index is 3.59. The molecule has 0 radical (unpaired) electrons. The fraction of sp³-hybridized carbons (Fsp3) is 0.909. The van der Waals surface area contributed by atoms with Crippen molar-refractivity contribution in [1.82, 2.24) is 10.6 Å². The Morgan fingerprint density at radius 3 is 2.44 bits per heavy atom. The minimum absolute atomic E-state index is 0.336. The van der Waals surface area contributed by atoms with Crippen molar-refractivity contribution in [2.45, 2.75) is 33.3 Å². The van der Waals surface area contributed by atoms with Crippen molar-refractivity contribution in [2.24, 2.45) is 5.92 Å². The first-order valence-electron chi connectivity index (χ1n) is 5.51. The van der Waals surface area contributed by atoms with Crippen LogP contribution in [0, 0.1) is 5.92 Å². The Bertz CT molecular complexity index is 202. The van der Waals surface area contributed by atoms with E-state index < -0.39 is 5.60 Å². The zero-order valence-corrected chi connectivity index (χ0v) is 10.9. The van der Waals surface area contributed by atoms with Crippen LogP contribution in [0.2, 0.25) is 0 Å². The Labute approximate surface area is 97.9 Å². The lowest BCUT2D eigenvalue weighted by Gasteiger charge is -2.20. The number of carbonyl (C=O) groups excluding carboxylic acids is 1. The van der Waals surface area contributed by atoms with Gasteiger partial charge in [-0.25, -0.2) is 4.79 Å². The van der Waals surface area contributed by atoms with Crippen LogP contribution < -0.4 is 10.6 Å². The van der Waals surface area contributed by atoms with E-state index in [4.69, 9.17) is 9.47 Å². The lowest BCUT2D eigenvalue weighted by atomic mass is 10.2. The van der Waals surface area contributed by atoms with Crippen molar-refractivity contribution in [3.05, 3.63) is 0 Å². The average molecular weight is 232 g/mol. The van der Waals surface area contributed by atoms with E-state index in [1.54, 1.807) is 7.11 Å². The Kier molecular flexibility index (Phi) is 7.08. The van der Waals surface area contributed by atoms with Gasteiger partial charge >= 0.3 is 6.09 Å². The summed E-state index contributed by atoms with van der Waals surface area (Å²) in [5.41, 5.74) is -0.443. The van der Waals surface area contributed by atoms with Crippen LogP contribution in [-0.4, -0.2) is 38.6 Å². The average Bonchev–Trinajstić information content (AvgIpc) is 2.12. The first kappa shape index (κ1) is 15.2. The molecule has 2 N–H and O–H groups in total. The fourth-order valence-electron chi connectivity index (χ4n) is 1.05. The second-order valence-electron chi connectivity index (χ2n) is 4.88. The fourth-order valence-corrected chi connectivity index (χ4v) is 1.05. The van der Waals surface area contributed by atoms with Gasteiger partial charge in [-0.15, -0.1) is 0 Å². The summed E-state index contributed by atoms with van der Waals surface area (Å²) in [6.07, 6.45) is -0.369. The predicted octanol–water partition coefficient (Wildman–Crippen LogP) is 1.34. The van der Waals surface area contributed by atoms with Crippen molar-refractivity contribution in [3.63, 3.8) is 0 Å². The van der Waals surface area contributed by atoms with Gasteiger partial charge in [0.2, 0.25) is 0 Å². The van der Waals surface area contributed by atoms with Gasteiger partial charge in [0.1, 0.15) is 5.60 Å². The molecule has 1 amide bonds. The van der Waals surface area contributed by atoms with Crippen LogP contribution in [0.3, 0.4) is 0 Å². The highest BCUT2D eigenvalue weighted by atomic mass is 16.6. The van der Waals surface area contributed by atoms with Gasteiger partial charge in [0.05, 0.1) is 6.73 Å². The highest BCUT2D eigenvalue weighted by molar-refractivity contribution is 5.67. The molecule has 0 unspecified atom stereocenters. The van der Waals surface area contributed by atoms with Crippen LogP contribution in [0.1, 0.15) is 27.7 Å². The normalized spacial score (nSPS) is 13.3. The summed E-state index contributed by atoms with van der Waals surface area (Å²) in [4.78, 5) is 11.3. The highest BCUT2D eigenvalue weighted by Crippen LogP contribution is 2.06. The molecular formula is C11H24N2O3. The first-order valence-corrected chi connectivity index (χ1v) is 5.51. The molecule has 0 spiro atoms. The minimum atomic E-state index is -0.443. The molecule has 0 aromatic rings. The molecule has 0 aromatic heterocycles. The number of ether oxygens (including phenoxy) is 2. The molecule has 16 heavy (non-hydrogen) atoms. The summed E-state index contributed by atoms with van der Waals surface area (Å²) in [5.74, 6) is 0.336.